The topological polar surface area (TPSA) is 92.8 Å². The molecular weight excluding hydrogens is 447 g/mol. The molecule has 0 spiro atoms. The molecule has 1 aliphatic heterocycles. The predicted molar refractivity (Wildman–Crippen MR) is 91.8 cm³/mol. The van der Waals surface area contributed by atoms with Crippen molar-refractivity contribution in [2.45, 2.75) is 0 Å². The molecule has 0 unspecified atom stereocenters. The van der Waals surface area contributed by atoms with Crippen LogP contribution in [-0.4, -0.2) is 58.3 Å². The van der Waals surface area contributed by atoms with Crippen molar-refractivity contribution in [2.75, 3.05) is 30.3 Å². The van der Waals surface area contributed by atoms with Crippen molar-refractivity contribution < 1.29 is 45.9 Å². The van der Waals surface area contributed by atoms with Crippen molar-refractivity contribution in [3.8, 4) is 5.75 Å². The summed E-state index contributed by atoms with van der Waals surface area (Å²) in [6.45, 7) is -0.0458. The third-order valence-electron chi connectivity index (χ3n) is 3.34. The number of rotatable bonds is 8. The minimum Gasteiger partial charge on any atom is -0.419 e. The van der Waals surface area contributed by atoms with Crippen LogP contribution in [0.2, 0.25) is 0 Å². The third-order valence-corrected chi connectivity index (χ3v) is 5.10. The van der Waals surface area contributed by atoms with Gasteiger partial charge in [0.05, 0.1) is 17.3 Å². The summed E-state index contributed by atoms with van der Waals surface area (Å²) in [7, 11) is 0. The second kappa shape index (κ2) is 9.91. The Labute approximate surface area is 168 Å². The zero-order chi connectivity index (χ0) is 21.7. The first-order valence-electron chi connectivity index (χ1n) is 7.67. The van der Waals surface area contributed by atoms with Gasteiger partial charge in [0.2, 0.25) is 46.6 Å². The fraction of sp³-hybridized carbons (Fsp3) is 0.333. The lowest BCUT2D eigenvalue weighted by atomic mass is 10.2. The van der Waals surface area contributed by atoms with E-state index in [9.17, 15) is 41.1 Å². The second-order valence-corrected chi connectivity index (χ2v) is 7.23. The first-order valence-corrected chi connectivity index (χ1v) is 9.81. The Hall–Kier alpha value is -2.35. The number of amides is 3. The minimum absolute atomic E-state index is 0.0214. The highest BCUT2D eigenvalue weighted by Crippen LogP contribution is 2.29. The number of imide groups is 1. The Morgan fingerprint density at radius 3 is 2.14 bits per heavy atom. The van der Waals surface area contributed by atoms with Crippen molar-refractivity contribution in [2.24, 2.45) is 0 Å². The van der Waals surface area contributed by atoms with Crippen LogP contribution in [0.3, 0.4) is 0 Å². The molecule has 1 heterocycles. The zero-order valence-corrected chi connectivity index (χ0v) is 15.9. The lowest BCUT2D eigenvalue weighted by Crippen LogP contribution is -2.38. The van der Waals surface area contributed by atoms with Crippen LogP contribution in [0.1, 0.15) is 0 Å². The van der Waals surface area contributed by atoms with Crippen molar-refractivity contribution >= 4 is 46.5 Å². The predicted octanol–water partition coefficient (Wildman–Crippen LogP) is 1.83. The summed E-state index contributed by atoms with van der Waals surface area (Å²) in [5.41, 5.74) is 0. The molecule has 0 bridgehead atoms. The number of nitrogens with zero attached hydrogens (tertiary/aromatic N) is 1. The molecule has 2 rings (SSSR count). The van der Waals surface area contributed by atoms with Gasteiger partial charge in [-0.05, 0) is 0 Å². The van der Waals surface area contributed by atoms with Crippen LogP contribution in [0.25, 0.3) is 0 Å². The highest BCUT2D eigenvalue weighted by molar-refractivity contribution is 8.14. The molecule has 7 nitrogen and oxygen atoms in total. The minimum atomic E-state index is -2.39. The summed E-state index contributed by atoms with van der Waals surface area (Å²) >= 11 is 1.49. The van der Waals surface area contributed by atoms with Gasteiger partial charge in [0, 0.05) is 13.1 Å². The SMILES string of the molecule is O=C(CSCC(=O)Oc1c(F)c(F)c(F)c(F)c1F)NCCN1C(=O)CSC1=O. The molecule has 1 fully saturated rings. The Morgan fingerprint density at radius 1 is 1.00 bits per heavy atom. The quantitative estimate of drug-likeness (QED) is 0.209. The van der Waals surface area contributed by atoms with E-state index in [4.69, 9.17) is 0 Å². The van der Waals surface area contributed by atoms with E-state index >= 15 is 0 Å². The van der Waals surface area contributed by atoms with Gasteiger partial charge in [0.25, 0.3) is 5.24 Å². The smallest absolute Gasteiger partial charge is 0.321 e. The summed E-state index contributed by atoms with van der Waals surface area (Å²) in [4.78, 5) is 46.8. The maximum Gasteiger partial charge on any atom is 0.321 e. The van der Waals surface area contributed by atoms with E-state index in [-0.39, 0.29) is 30.5 Å². The molecular formula is C15H11F5N2O5S2. The molecule has 1 aromatic carbocycles. The molecule has 0 radical (unpaired) electrons. The highest BCUT2D eigenvalue weighted by atomic mass is 32.2. The molecule has 0 atom stereocenters. The van der Waals surface area contributed by atoms with Gasteiger partial charge in [0.1, 0.15) is 0 Å². The monoisotopic (exact) mass is 458 g/mol. The number of carbonyl (C=O) groups is 4. The Balaban J connectivity index is 1.75. The number of halogens is 5. The first-order chi connectivity index (χ1) is 13.6. The van der Waals surface area contributed by atoms with Gasteiger partial charge < -0.3 is 10.1 Å². The number of nitrogens with one attached hydrogen (secondary N) is 1. The lowest BCUT2D eigenvalue weighted by molar-refractivity contribution is -0.132. The van der Waals surface area contributed by atoms with E-state index in [1.54, 1.807) is 0 Å². The van der Waals surface area contributed by atoms with Gasteiger partial charge in [-0.1, -0.05) is 11.8 Å². The van der Waals surface area contributed by atoms with Gasteiger partial charge in [-0.3, -0.25) is 24.1 Å². The summed E-state index contributed by atoms with van der Waals surface area (Å²) < 4.78 is 70.0. The van der Waals surface area contributed by atoms with Crippen LogP contribution in [0, 0.1) is 29.1 Å². The molecule has 3 amide bonds. The molecule has 14 heteroatoms. The third kappa shape index (κ3) is 5.59. The molecule has 1 saturated heterocycles. The van der Waals surface area contributed by atoms with Gasteiger partial charge in [0.15, 0.2) is 0 Å². The maximum atomic E-state index is 13.4. The fourth-order valence-electron chi connectivity index (χ4n) is 2.00. The summed E-state index contributed by atoms with van der Waals surface area (Å²) in [5, 5.41) is 1.96. The number of hydrogen-bond donors (Lipinski definition) is 1. The molecule has 0 aliphatic carbocycles. The van der Waals surface area contributed by atoms with Crippen LogP contribution < -0.4 is 10.1 Å². The number of thioether (sulfide) groups is 2. The molecule has 1 aliphatic rings. The average molecular weight is 458 g/mol. The van der Waals surface area contributed by atoms with Crippen LogP contribution in [0.4, 0.5) is 26.7 Å². The van der Waals surface area contributed by atoms with E-state index in [1.165, 1.54) is 0 Å². The van der Waals surface area contributed by atoms with E-state index < -0.39 is 57.7 Å². The second-order valence-electron chi connectivity index (χ2n) is 5.32. The van der Waals surface area contributed by atoms with Crippen LogP contribution in [0.5, 0.6) is 5.75 Å². The Kier molecular flexibility index (Phi) is 7.84. The first kappa shape index (κ1) is 22.9. The van der Waals surface area contributed by atoms with Gasteiger partial charge in [-0.25, -0.2) is 13.2 Å². The molecule has 29 heavy (non-hydrogen) atoms. The molecule has 0 aromatic heterocycles. The number of carbonyl (C=O) groups excluding carboxylic acids is 4. The van der Waals surface area contributed by atoms with E-state index in [0.717, 1.165) is 16.7 Å². The van der Waals surface area contributed by atoms with Gasteiger partial charge >= 0.3 is 5.97 Å². The number of esters is 1. The largest absolute Gasteiger partial charge is 0.419 e. The normalized spacial score (nSPS) is 13.8. The number of ether oxygens (including phenoxy) is 1. The van der Waals surface area contributed by atoms with Crippen molar-refractivity contribution in [3.05, 3.63) is 29.1 Å². The zero-order valence-electron chi connectivity index (χ0n) is 14.2. The van der Waals surface area contributed by atoms with E-state index in [1.807, 2.05) is 0 Å². The molecule has 1 aromatic rings. The summed E-state index contributed by atoms with van der Waals surface area (Å²) in [6.07, 6.45) is 0. The van der Waals surface area contributed by atoms with E-state index in [0.29, 0.717) is 11.8 Å². The van der Waals surface area contributed by atoms with Crippen LogP contribution in [-0.2, 0) is 14.4 Å². The number of benzene rings is 1. The Bertz CT molecular complexity index is 825. The van der Waals surface area contributed by atoms with Crippen molar-refractivity contribution in [3.63, 3.8) is 0 Å². The standard InChI is InChI=1S/C15H11F5N2O5S2/c16-9-10(17)12(19)14(13(20)11(9)18)27-8(25)5-28-3-6(23)21-1-2-22-7(24)4-29-15(22)26/h1-5H2,(H,21,23). The van der Waals surface area contributed by atoms with Crippen LogP contribution >= 0.6 is 23.5 Å². The van der Waals surface area contributed by atoms with Gasteiger partial charge in [-0.2, -0.15) is 8.78 Å². The average Bonchev–Trinajstić information content (AvgIpc) is 3.00. The Morgan fingerprint density at radius 2 is 1.59 bits per heavy atom. The maximum absolute atomic E-state index is 13.4. The highest BCUT2D eigenvalue weighted by Gasteiger charge is 2.30. The fourth-order valence-corrected chi connectivity index (χ4v) is 3.37. The molecule has 1 N–H and O–H groups in total. The van der Waals surface area contributed by atoms with Crippen molar-refractivity contribution in [1.82, 2.24) is 10.2 Å². The molecule has 0 saturated carbocycles. The molecule has 158 valence electrons. The van der Waals surface area contributed by atoms with Crippen LogP contribution in [0.15, 0.2) is 0 Å². The lowest BCUT2D eigenvalue weighted by Gasteiger charge is -2.13. The van der Waals surface area contributed by atoms with Gasteiger partial charge in [-0.15, -0.1) is 11.8 Å². The van der Waals surface area contributed by atoms with Crippen molar-refractivity contribution in [1.29, 1.82) is 0 Å². The summed E-state index contributed by atoms with van der Waals surface area (Å²) in [5.74, 6) is -16.4. The summed E-state index contributed by atoms with van der Waals surface area (Å²) in [6, 6.07) is 0. The van der Waals surface area contributed by atoms with E-state index in [2.05, 4.69) is 10.1 Å². The number of hydrogen-bond acceptors (Lipinski definition) is 7.